The summed E-state index contributed by atoms with van der Waals surface area (Å²) in [5.74, 6) is 0.817. The van der Waals surface area contributed by atoms with Gasteiger partial charge >= 0.3 is 0 Å². The van der Waals surface area contributed by atoms with Crippen LogP contribution >= 0.6 is 0 Å². The van der Waals surface area contributed by atoms with E-state index in [0.717, 1.165) is 34.7 Å². The number of hydrogen-bond donors (Lipinski definition) is 0. The Kier molecular flexibility index (Phi) is 9.25. The molecule has 0 amide bonds. The second kappa shape index (κ2) is 12.8. The minimum Gasteiger partial charge on any atom is -0.491 e. The fourth-order valence-corrected chi connectivity index (χ4v) is 4.08. The van der Waals surface area contributed by atoms with Gasteiger partial charge in [-0.3, -0.25) is 4.98 Å². The molecule has 0 aliphatic carbocycles. The molecule has 1 fully saturated rings. The lowest BCUT2D eigenvalue weighted by Gasteiger charge is -2.17. The quantitative estimate of drug-likeness (QED) is 0.253. The van der Waals surface area contributed by atoms with E-state index < -0.39 is 5.79 Å². The van der Waals surface area contributed by atoms with Crippen molar-refractivity contribution in [2.75, 3.05) is 19.8 Å². The molecule has 0 radical (unpaired) electrons. The first-order valence-corrected chi connectivity index (χ1v) is 13.0. The van der Waals surface area contributed by atoms with E-state index in [2.05, 4.69) is 22.1 Å². The van der Waals surface area contributed by atoms with Gasteiger partial charge in [-0.25, -0.2) is 0 Å². The van der Waals surface area contributed by atoms with E-state index >= 15 is 0 Å². The topological polar surface area (TPSA) is 75.6 Å². The first kappa shape index (κ1) is 26.0. The maximum Gasteiger partial charge on any atom is 0.233 e. The summed E-state index contributed by atoms with van der Waals surface area (Å²) in [4.78, 5) is 4.62. The first-order chi connectivity index (χ1) is 17.5. The number of unbranched alkanes of at least 4 members (excludes halogenated alkanes) is 5. The van der Waals surface area contributed by atoms with Crippen LogP contribution in [0.25, 0.3) is 22.5 Å². The predicted molar refractivity (Wildman–Crippen MR) is 140 cm³/mol. The molecule has 0 N–H and O–H groups in total. The van der Waals surface area contributed by atoms with Gasteiger partial charge in [0, 0.05) is 23.4 Å². The molecule has 0 bridgehead atoms. The number of ether oxygens (including phenoxy) is 4. The van der Waals surface area contributed by atoms with Gasteiger partial charge in [-0.2, -0.15) is 0 Å². The van der Waals surface area contributed by atoms with Gasteiger partial charge in [0.2, 0.25) is 5.88 Å². The molecule has 0 spiro atoms. The summed E-state index contributed by atoms with van der Waals surface area (Å²) < 4.78 is 22.9. The highest BCUT2D eigenvalue weighted by Crippen LogP contribution is 2.26. The Balaban J connectivity index is 1.24. The fourth-order valence-electron chi connectivity index (χ4n) is 4.08. The Labute approximate surface area is 214 Å². The van der Waals surface area contributed by atoms with Gasteiger partial charge in [0.1, 0.15) is 18.5 Å². The van der Waals surface area contributed by atoms with Crippen molar-refractivity contribution in [3.63, 3.8) is 0 Å². The highest BCUT2D eigenvalue weighted by molar-refractivity contribution is 5.64. The molecule has 0 saturated carbocycles. The summed E-state index contributed by atoms with van der Waals surface area (Å²) in [6.07, 6.45) is 9.17. The van der Waals surface area contributed by atoms with Crippen molar-refractivity contribution in [2.24, 2.45) is 0 Å². The van der Waals surface area contributed by atoms with Crippen molar-refractivity contribution >= 4 is 0 Å². The highest BCUT2D eigenvalue weighted by atomic mass is 16.7. The molecule has 1 aromatic carbocycles. The number of nitrogens with zero attached hydrogens (tertiary/aromatic N) is 3. The number of hydrogen-bond acceptors (Lipinski definition) is 7. The van der Waals surface area contributed by atoms with Crippen LogP contribution in [0, 0.1) is 0 Å². The largest absolute Gasteiger partial charge is 0.491 e. The van der Waals surface area contributed by atoms with Crippen LogP contribution in [0.4, 0.5) is 0 Å². The number of benzene rings is 1. The summed E-state index contributed by atoms with van der Waals surface area (Å²) >= 11 is 0. The third kappa shape index (κ3) is 7.73. The fraction of sp³-hybridized carbons (Fsp3) is 0.483. The lowest BCUT2D eigenvalue weighted by molar-refractivity contribution is -0.141. The molecule has 4 rings (SSSR count). The van der Waals surface area contributed by atoms with Gasteiger partial charge in [-0.15, -0.1) is 10.2 Å². The average molecular weight is 492 g/mol. The van der Waals surface area contributed by atoms with Crippen LogP contribution in [-0.4, -0.2) is 46.9 Å². The van der Waals surface area contributed by atoms with Crippen LogP contribution in [0.3, 0.4) is 0 Å². The molecule has 3 heterocycles. The molecular weight excluding hydrogens is 454 g/mol. The highest BCUT2D eigenvalue weighted by Gasteiger charge is 2.32. The predicted octanol–water partition coefficient (Wildman–Crippen LogP) is 6.48. The zero-order valence-corrected chi connectivity index (χ0v) is 21.6. The third-order valence-corrected chi connectivity index (χ3v) is 6.10. The van der Waals surface area contributed by atoms with Gasteiger partial charge < -0.3 is 18.9 Å². The summed E-state index contributed by atoms with van der Waals surface area (Å²) in [6.45, 7) is 7.74. The molecule has 0 unspecified atom stereocenters. The average Bonchev–Trinajstić information content (AvgIpc) is 3.26. The van der Waals surface area contributed by atoms with E-state index in [9.17, 15) is 0 Å². The Bertz CT molecular complexity index is 1050. The monoisotopic (exact) mass is 491 g/mol. The molecule has 2 aromatic heterocycles. The number of aromatic nitrogens is 3. The van der Waals surface area contributed by atoms with Crippen LogP contribution in [0.1, 0.15) is 59.3 Å². The second-order valence-corrected chi connectivity index (χ2v) is 9.59. The molecule has 36 heavy (non-hydrogen) atoms. The van der Waals surface area contributed by atoms with E-state index in [1.54, 1.807) is 0 Å². The standard InChI is InChI=1S/C29H37N3O4/c1-4-5-6-7-8-9-18-33-28-17-16-27(31-32-28)23-12-15-26(30-19-23)22-10-13-24(14-11-22)34-20-25-21-35-29(2,3)36-25/h10-17,19,25H,4-9,18,20-21H2,1-3H3/t25-/m0/s1. The van der Waals surface area contributed by atoms with Crippen LogP contribution < -0.4 is 9.47 Å². The maximum absolute atomic E-state index is 5.86. The molecule has 7 heteroatoms. The first-order valence-electron chi connectivity index (χ1n) is 13.0. The Hall–Kier alpha value is -3.03. The summed E-state index contributed by atoms with van der Waals surface area (Å²) in [7, 11) is 0. The van der Waals surface area contributed by atoms with Crippen LogP contribution in [-0.2, 0) is 9.47 Å². The van der Waals surface area contributed by atoms with Crippen molar-refractivity contribution in [1.29, 1.82) is 0 Å². The van der Waals surface area contributed by atoms with Crippen molar-refractivity contribution in [2.45, 2.75) is 71.2 Å². The van der Waals surface area contributed by atoms with Crippen molar-refractivity contribution in [1.82, 2.24) is 15.2 Å². The van der Waals surface area contributed by atoms with Crippen LogP contribution in [0.2, 0.25) is 0 Å². The molecule has 1 aliphatic heterocycles. The Morgan fingerprint density at radius 2 is 1.58 bits per heavy atom. The van der Waals surface area contributed by atoms with E-state index in [4.69, 9.17) is 18.9 Å². The van der Waals surface area contributed by atoms with Crippen molar-refractivity contribution < 1.29 is 18.9 Å². The van der Waals surface area contributed by atoms with E-state index in [1.807, 2.05) is 68.6 Å². The molecular formula is C29H37N3O4. The molecule has 7 nitrogen and oxygen atoms in total. The van der Waals surface area contributed by atoms with E-state index in [1.165, 1.54) is 32.1 Å². The molecule has 1 saturated heterocycles. The molecule has 1 aliphatic rings. The summed E-state index contributed by atoms with van der Waals surface area (Å²) in [6, 6.07) is 15.7. The summed E-state index contributed by atoms with van der Waals surface area (Å²) in [5.41, 5.74) is 3.58. The van der Waals surface area contributed by atoms with Gasteiger partial charge in [-0.05, 0) is 62.7 Å². The SMILES string of the molecule is CCCCCCCCOc1ccc(-c2ccc(-c3ccc(OC[C@H]4COC(C)(C)O4)cc3)nc2)nn1. The van der Waals surface area contributed by atoms with E-state index in [-0.39, 0.29) is 6.10 Å². The molecule has 3 aromatic rings. The normalized spacial score (nSPS) is 16.7. The minimum absolute atomic E-state index is 0.0575. The van der Waals surface area contributed by atoms with Gasteiger partial charge in [-0.1, -0.05) is 39.0 Å². The molecule has 1 atom stereocenters. The lowest BCUT2D eigenvalue weighted by Crippen LogP contribution is -2.25. The lowest BCUT2D eigenvalue weighted by atomic mass is 10.1. The van der Waals surface area contributed by atoms with Gasteiger partial charge in [0.25, 0.3) is 0 Å². The smallest absolute Gasteiger partial charge is 0.233 e. The minimum atomic E-state index is -0.537. The Morgan fingerprint density at radius 3 is 2.25 bits per heavy atom. The van der Waals surface area contributed by atoms with E-state index in [0.29, 0.717) is 25.7 Å². The van der Waals surface area contributed by atoms with Crippen LogP contribution in [0.15, 0.2) is 54.7 Å². The zero-order valence-electron chi connectivity index (χ0n) is 21.6. The maximum atomic E-state index is 5.86. The molecule has 192 valence electrons. The van der Waals surface area contributed by atoms with Crippen molar-refractivity contribution in [3.05, 3.63) is 54.7 Å². The van der Waals surface area contributed by atoms with Crippen LogP contribution in [0.5, 0.6) is 11.6 Å². The zero-order chi connectivity index (χ0) is 25.2. The second-order valence-electron chi connectivity index (χ2n) is 9.59. The third-order valence-electron chi connectivity index (χ3n) is 6.10. The van der Waals surface area contributed by atoms with Gasteiger partial charge in [0.05, 0.1) is 24.6 Å². The summed E-state index contributed by atoms with van der Waals surface area (Å²) in [5, 5.41) is 8.53. The number of pyridine rings is 1. The Morgan fingerprint density at radius 1 is 0.833 bits per heavy atom. The van der Waals surface area contributed by atoms with Gasteiger partial charge in [0.15, 0.2) is 5.79 Å². The van der Waals surface area contributed by atoms with Crippen molar-refractivity contribution in [3.8, 4) is 34.1 Å². The number of rotatable bonds is 13.